The van der Waals surface area contributed by atoms with Gasteiger partial charge in [-0.05, 0) is 48.4 Å². The van der Waals surface area contributed by atoms with Crippen LogP contribution in [0.15, 0.2) is 41.3 Å². The highest BCUT2D eigenvalue weighted by atomic mass is 32.2. The lowest BCUT2D eigenvalue weighted by atomic mass is 9.84. The summed E-state index contributed by atoms with van der Waals surface area (Å²) in [5.74, 6) is 0.383. The average molecular weight is 526 g/mol. The highest BCUT2D eigenvalue weighted by molar-refractivity contribution is 7.89. The van der Waals surface area contributed by atoms with Crippen LogP contribution in [0.1, 0.15) is 54.5 Å². The zero-order valence-corrected chi connectivity index (χ0v) is 20.3. The van der Waals surface area contributed by atoms with Crippen molar-refractivity contribution in [1.82, 2.24) is 26.8 Å². The molecule has 0 bridgehead atoms. The van der Waals surface area contributed by atoms with E-state index in [9.17, 15) is 21.6 Å². The molecule has 2 aromatic carbocycles. The molecule has 8 N–H and O–H groups in total. The van der Waals surface area contributed by atoms with Gasteiger partial charge in [0.05, 0.1) is 5.56 Å². The molecule has 0 radical (unpaired) electrons. The standard InChI is InChI=1S/C23H30F3N7O2S/c24-23(25,26)19-10-9-18(20(21(19)36(28,34)35)22-29-31-32-30-22)14-3-1-13(2-4-14)15-11-33(12-15)17-7-5-16(27)6-8-17/h1-4,9-10,15-17,22,29-32H,5-8,11-12,27H2,(H2,28,34,35). The quantitative estimate of drug-likeness (QED) is 0.348. The SMILES string of the molecule is NC1CCC(N2CC(c3ccc(-c4ccc(C(F)(F)F)c(S(N)(=O)=O)c4C4NNNN4)cc3)C2)CC1. The van der Waals surface area contributed by atoms with Gasteiger partial charge in [0, 0.05) is 36.7 Å². The number of likely N-dealkylation sites (tertiary alicyclic amines) is 1. The molecule has 1 aliphatic carbocycles. The summed E-state index contributed by atoms with van der Waals surface area (Å²) in [6, 6.07) is 10.5. The number of rotatable bonds is 5. The van der Waals surface area contributed by atoms with E-state index in [2.05, 4.69) is 26.8 Å². The van der Waals surface area contributed by atoms with E-state index in [4.69, 9.17) is 10.9 Å². The fraction of sp³-hybridized carbons (Fsp3) is 0.478. The van der Waals surface area contributed by atoms with Gasteiger partial charge in [0.2, 0.25) is 10.0 Å². The third-order valence-electron chi connectivity index (χ3n) is 7.43. The number of alkyl halides is 3. The van der Waals surface area contributed by atoms with Crippen LogP contribution in [0.3, 0.4) is 0 Å². The number of primary sulfonamides is 1. The van der Waals surface area contributed by atoms with Gasteiger partial charge in [0.1, 0.15) is 11.1 Å². The van der Waals surface area contributed by atoms with Crippen molar-refractivity contribution in [2.24, 2.45) is 10.9 Å². The van der Waals surface area contributed by atoms with E-state index in [1.165, 1.54) is 6.07 Å². The van der Waals surface area contributed by atoms with Crippen LogP contribution in [0, 0.1) is 0 Å². The second kappa shape index (κ2) is 9.65. The van der Waals surface area contributed by atoms with Crippen molar-refractivity contribution in [3.8, 4) is 11.1 Å². The number of nitrogens with two attached hydrogens (primary N) is 2. The van der Waals surface area contributed by atoms with Crippen molar-refractivity contribution < 1.29 is 21.6 Å². The molecule has 0 amide bonds. The molecule has 196 valence electrons. The van der Waals surface area contributed by atoms with E-state index >= 15 is 0 Å². The fourth-order valence-electron chi connectivity index (χ4n) is 5.49. The number of sulfonamides is 1. The summed E-state index contributed by atoms with van der Waals surface area (Å²) in [5, 5.41) is 5.31. The van der Waals surface area contributed by atoms with Gasteiger partial charge in [-0.3, -0.25) is 4.90 Å². The third-order valence-corrected chi connectivity index (χ3v) is 8.44. The molecule has 0 spiro atoms. The van der Waals surface area contributed by atoms with E-state index in [1.54, 1.807) is 0 Å². The summed E-state index contributed by atoms with van der Waals surface area (Å²) in [7, 11) is -4.72. The maximum absolute atomic E-state index is 13.7. The number of nitrogens with zero attached hydrogens (tertiary/aromatic N) is 1. The van der Waals surface area contributed by atoms with E-state index in [1.807, 2.05) is 24.3 Å². The first-order chi connectivity index (χ1) is 17.0. The van der Waals surface area contributed by atoms with Crippen molar-refractivity contribution in [1.29, 1.82) is 0 Å². The first kappa shape index (κ1) is 25.5. The second-order valence-electron chi connectivity index (χ2n) is 9.76. The lowest BCUT2D eigenvalue weighted by Crippen LogP contribution is -2.52. The van der Waals surface area contributed by atoms with E-state index < -0.39 is 32.8 Å². The molecule has 3 aliphatic rings. The zero-order valence-electron chi connectivity index (χ0n) is 19.5. The van der Waals surface area contributed by atoms with Crippen LogP contribution < -0.4 is 32.8 Å². The first-order valence-electron chi connectivity index (χ1n) is 11.9. The van der Waals surface area contributed by atoms with E-state index in [0.29, 0.717) is 29.1 Å². The number of halogens is 3. The summed E-state index contributed by atoms with van der Waals surface area (Å²) >= 11 is 0. The number of hydrazine groups is 3. The Labute approximate surface area is 207 Å². The van der Waals surface area contributed by atoms with E-state index in [0.717, 1.165) is 50.4 Å². The van der Waals surface area contributed by atoms with Crippen LogP contribution in [0.2, 0.25) is 0 Å². The molecule has 2 saturated heterocycles. The Hall–Kier alpha value is -2.10. The second-order valence-corrected chi connectivity index (χ2v) is 11.3. The number of hydrogen-bond acceptors (Lipinski definition) is 8. The largest absolute Gasteiger partial charge is 0.417 e. The Morgan fingerprint density at radius 2 is 1.53 bits per heavy atom. The Bertz CT molecular complexity index is 1200. The molecule has 13 heteroatoms. The molecule has 2 aliphatic heterocycles. The predicted octanol–water partition coefficient (Wildman–Crippen LogP) is 1.80. The van der Waals surface area contributed by atoms with Gasteiger partial charge in [0.15, 0.2) is 0 Å². The molecule has 3 fully saturated rings. The van der Waals surface area contributed by atoms with Crippen LogP contribution in [0.25, 0.3) is 11.1 Å². The molecule has 5 rings (SSSR count). The number of hydrogen-bond donors (Lipinski definition) is 6. The molecule has 0 aromatic heterocycles. The average Bonchev–Trinajstić information content (AvgIpc) is 3.32. The number of nitrogens with one attached hydrogen (secondary N) is 4. The third kappa shape index (κ3) is 5.02. The maximum atomic E-state index is 13.7. The molecule has 2 aromatic rings. The van der Waals surface area contributed by atoms with Gasteiger partial charge in [0.25, 0.3) is 0 Å². The van der Waals surface area contributed by atoms with Gasteiger partial charge in [-0.1, -0.05) is 30.3 Å². The lowest BCUT2D eigenvalue weighted by Gasteiger charge is -2.46. The van der Waals surface area contributed by atoms with Crippen LogP contribution in [-0.4, -0.2) is 38.5 Å². The molecule has 0 atom stereocenters. The van der Waals surface area contributed by atoms with Crippen LogP contribution in [-0.2, 0) is 16.2 Å². The topological polar surface area (TPSA) is 138 Å². The smallest absolute Gasteiger partial charge is 0.328 e. The minimum Gasteiger partial charge on any atom is -0.328 e. The monoisotopic (exact) mass is 525 g/mol. The molecule has 9 nitrogen and oxygen atoms in total. The van der Waals surface area contributed by atoms with Crippen molar-refractivity contribution in [3.63, 3.8) is 0 Å². The predicted molar refractivity (Wildman–Crippen MR) is 128 cm³/mol. The van der Waals surface area contributed by atoms with Gasteiger partial charge in [-0.25, -0.2) is 24.4 Å². The summed E-state index contributed by atoms with van der Waals surface area (Å²) in [6.45, 7) is 1.93. The molecule has 2 heterocycles. The van der Waals surface area contributed by atoms with Crippen LogP contribution in [0.4, 0.5) is 13.2 Å². The maximum Gasteiger partial charge on any atom is 0.417 e. The highest BCUT2D eigenvalue weighted by Crippen LogP contribution is 2.42. The molecular weight excluding hydrogens is 495 g/mol. The molecule has 36 heavy (non-hydrogen) atoms. The van der Waals surface area contributed by atoms with Crippen molar-refractivity contribution in [2.75, 3.05) is 13.1 Å². The Kier molecular flexibility index (Phi) is 6.85. The van der Waals surface area contributed by atoms with Gasteiger partial charge in [-0.15, -0.1) is 0 Å². The minimum absolute atomic E-state index is 0.122. The minimum atomic E-state index is -4.90. The molecule has 0 unspecified atom stereocenters. The Balaban J connectivity index is 1.43. The number of benzene rings is 2. The van der Waals surface area contributed by atoms with Crippen molar-refractivity contribution in [3.05, 3.63) is 53.1 Å². The summed E-state index contributed by atoms with van der Waals surface area (Å²) < 4.78 is 66.1. The fourth-order valence-corrected chi connectivity index (χ4v) is 6.51. The zero-order chi connectivity index (χ0) is 25.7. The lowest BCUT2D eigenvalue weighted by molar-refractivity contribution is -0.140. The Morgan fingerprint density at radius 3 is 2.08 bits per heavy atom. The van der Waals surface area contributed by atoms with E-state index in [-0.39, 0.29) is 5.56 Å². The summed E-state index contributed by atoms with van der Waals surface area (Å²) in [6.07, 6.45) is -1.51. The van der Waals surface area contributed by atoms with Crippen molar-refractivity contribution >= 4 is 10.0 Å². The van der Waals surface area contributed by atoms with Gasteiger partial charge >= 0.3 is 6.18 Å². The summed E-state index contributed by atoms with van der Waals surface area (Å²) in [4.78, 5) is 1.53. The molecule has 1 saturated carbocycles. The van der Waals surface area contributed by atoms with Crippen LogP contribution >= 0.6 is 0 Å². The highest BCUT2D eigenvalue weighted by Gasteiger charge is 2.41. The van der Waals surface area contributed by atoms with Gasteiger partial charge < -0.3 is 5.73 Å². The van der Waals surface area contributed by atoms with Crippen LogP contribution in [0.5, 0.6) is 0 Å². The Morgan fingerprint density at radius 1 is 0.917 bits per heavy atom. The summed E-state index contributed by atoms with van der Waals surface area (Å²) in [5.41, 5.74) is 17.0. The van der Waals surface area contributed by atoms with Crippen molar-refractivity contribution in [2.45, 2.75) is 60.9 Å². The molecular formula is C23H30F3N7O2S. The normalized spacial score (nSPS) is 24.7. The van der Waals surface area contributed by atoms with Gasteiger partial charge in [-0.2, -0.15) is 24.2 Å². The first-order valence-corrected chi connectivity index (χ1v) is 13.4.